The molecule has 3 rings (SSSR count). The minimum Gasteiger partial charge on any atom is -0.497 e. The lowest BCUT2D eigenvalue weighted by Gasteiger charge is -2.10. The first-order chi connectivity index (χ1) is 14.3. The summed E-state index contributed by atoms with van der Waals surface area (Å²) in [7, 11) is -2.27. The quantitative estimate of drug-likeness (QED) is 0.559. The molecule has 0 heterocycles. The van der Waals surface area contributed by atoms with E-state index in [4.69, 9.17) is 4.74 Å². The molecule has 0 fully saturated rings. The molecule has 0 aliphatic carbocycles. The molecular formula is C22H20N2O5S. The van der Waals surface area contributed by atoms with Crippen LogP contribution in [0.3, 0.4) is 0 Å². The molecule has 2 N–H and O–H groups in total. The summed E-state index contributed by atoms with van der Waals surface area (Å²) in [6.07, 6.45) is 0. The van der Waals surface area contributed by atoms with Crippen LogP contribution in [0.15, 0.2) is 77.7 Å². The van der Waals surface area contributed by atoms with Gasteiger partial charge >= 0.3 is 0 Å². The maximum atomic E-state index is 12.5. The summed E-state index contributed by atoms with van der Waals surface area (Å²) in [6.45, 7) is 1.45. The molecule has 0 spiro atoms. The van der Waals surface area contributed by atoms with E-state index in [1.165, 1.54) is 50.4 Å². The largest absolute Gasteiger partial charge is 0.497 e. The molecule has 154 valence electrons. The lowest BCUT2D eigenvalue weighted by molar-refractivity contribution is 0.101. The first-order valence-corrected chi connectivity index (χ1v) is 10.5. The first kappa shape index (κ1) is 21.1. The Balaban J connectivity index is 1.70. The third-order valence-electron chi connectivity index (χ3n) is 4.30. The molecule has 0 bridgehead atoms. The Bertz CT molecular complexity index is 1170. The number of carbonyl (C=O) groups excluding carboxylic acids is 2. The minimum absolute atomic E-state index is 0.0930. The molecule has 0 unspecified atom stereocenters. The highest BCUT2D eigenvalue weighted by Crippen LogP contribution is 2.20. The smallest absolute Gasteiger partial charge is 0.261 e. The summed E-state index contributed by atoms with van der Waals surface area (Å²) in [5, 5.41) is 2.72. The number of Topliss-reactive ketones (excluding diaryl/α,β-unsaturated/α-hetero) is 1. The van der Waals surface area contributed by atoms with Gasteiger partial charge in [-0.15, -0.1) is 0 Å². The zero-order valence-electron chi connectivity index (χ0n) is 16.4. The van der Waals surface area contributed by atoms with E-state index in [1.807, 2.05) is 0 Å². The van der Waals surface area contributed by atoms with Gasteiger partial charge in [0.2, 0.25) is 0 Å². The van der Waals surface area contributed by atoms with Crippen LogP contribution in [0, 0.1) is 0 Å². The third kappa shape index (κ3) is 5.03. The second-order valence-corrected chi connectivity index (χ2v) is 8.13. The zero-order valence-corrected chi connectivity index (χ0v) is 17.2. The molecule has 0 aliphatic rings. The van der Waals surface area contributed by atoms with Crippen LogP contribution in [-0.4, -0.2) is 27.2 Å². The van der Waals surface area contributed by atoms with E-state index in [2.05, 4.69) is 10.0 Å². The normalized spacial score (nSPS) is 10.9. The molecule has 3 aromatic carbocycles. The van der Waals surface area contributed by atoms with Crippen LogP contribution in [0.2, 0.25) is 0 Å². The molecule has 0 saturated heterocycles. The molecule has 30 heavy (non-hydrogen) atoms. The summed E-state index contributed by atoms with van der Waals surface area (Å²) < 4.78 is 32.5. The fraction of sp³-hybridized carbons (Fsp3) is 0.0909. The van der Waals surface area contributed by atoms with Crippen LogP contribution < -0.4 is 14.8 Å². The lowest BCUT2D eigenvalue weighted by atomic mass is 10.1. The number of benzene rings is 3. The van der Waals surface area contributed by atoms with Gasteiger partial charge in [-0.1, -0.05) is 12.1 Å². The maximum absolute atomic E-state index is 12.5. The highest BCUT2D eigenvalue weighted by atomic mass is 32.2. The summed E-state index contributed by atoms with van der Waals surface area (Å²) in [4.78, 5) is 24.0. The summed E-state index contributed by atoms with van der Waals surface area (Å²) in [5.74, 6) is 0.0815. The van der Waals surface area contributed by atoms with E-state index >= 15 is 0 Å². The fourth-order valence-electron chi connectivity index (χ4n) is 2.68. The van der Waals surface area contributed by atoms with Crippen molar-refractivity contribution < 1.29 is 22.7 Å². The lowest BCUT2D eigenvalue weighted by Crippen LogP contribution is -2.14. The van der Waals surface area contributed by atoms with Crippen LogP contribution in [0.4, 0.5) is 11.4 Å². The van der Waals surface area contributed by atoms with Crippen molar-refractivity contribution in [1.82, 2.24) is 0 Å². The molecule has 1 amide bonds. The van der Waals surface area contributed by atoms with Gasteiger partial charge in [-0.25, -0.2) is 8.42 Å². The van der Waals surface area contributed by atoms with Gasteiger partial charge in [0.05, 0.1) is 12.0 Å². The summed E-state index contributed by atoms with van der Waals surface area (Å²) in [5.41, 5.74) is 1.66. The fourth-order valence-corrected chi connectivity index (χ4v) is 3.74. The van der Waals surface area contributed by atoms with Crippen molar-refractivity contribution >= 4 is 33.1 Å². The van der Waals surface area contributed by atoms with Crippen molar-refractivity contribution in [2.24, 2.45) is 0 Å². The highest BCUT2D eigenvalue weighted by Gasteiger charge is 2.15. The molecular weight excluding hydrogens is 404 g/mol. The summed E-state index contributed by atoms with van der Waals surface area (Å²) in [6, 6.07) is 18.7. The molecule has 7 nitrogen and oxygen atoms in total. The molecule has 0 aromatic heterocycles. The standard InChI is InChI=1S/C22H20N2O5S/c1-15(25)17-4-3-5-19(14-17)23-22(26)16-6-8-18(9-7-16)24-30(27,28)21-12-10-20(29-2)11-13-21/h3-14,24H,1-2H3,(H,23,26). The number of ether oxygens (including phenoxy) is 1. The number of hydrogen-bond donors (Lipinski definition) is 2. The number of anilines is 2. The Morgan fingerprint density at radius 1 is 0.833 bits per heavy atom. The molecule has 3 aromatic rings. The van der Waals surface area contributed by atoms with Crippen molar-refractivity contribution in [3.63, 3.8) is 0 Å². The Hall–Kier alpha value is -3.65. The second-order valence-electron chi connectivity index (χ2n) is 6.45. The molecule has 8 heteroatoms. The number of nitrogens with one attached hydrogen (secondary N) is 2. The number of ketones is 1. The van der Waals surface area contributed by atoms with Gasteiger partial charge in [0.25, 0.3) is 15.9 Å². The van der Waals surface area contributed by atoms with Crippen LogP contribution >= 0.6 is 0 Å². The number of hydrogen-bond acceptors (Lipinski definition) is 5. The van der Waals surface area contributed by atoms with Crippen molar-refractivity contribution in [2.45, 2.75) is 11.8 Å². The van der Waals surface area contributed by atoms with Gasteiger partial charge < -0.3 is 10.1 Å². The van der Waals surface area contributed by atoms with Gasteiger partial charge in [0.1, 0.15) is 5.75 Å². The SMILES string of the molecule is COc1ccc(S(=O)(=O)Nc2ccc(C(=O)Nc3cccc(C(C)=O)c3)cc2)cc1. The van der Waals surface area contributed by atoms with Crippen molar-refractivity contribution in [3.05, 3.63) is 83.9 Å². The molecule has 0 saturated carbocycles. The van der Waals surface area contributed by atoms with Gasteiger partial charge in [-0.3, -0.25) is 14.3 Å². The van der Waals surface area contributed by atoms with E-state index in [-0.39, 0.29) is 16.6 Å². The predicted molar refractivity (Wildman–Crippen MR) is 115 cm³/mol. The number of carbonyl (C=O) groups is 2. The summed E-state index contributed by atoms with van der Waals surface area (Å²) >= 11 is 0. The zero-order chi connectivity index (χ0) is 21.7. The van der Waals surface area contributed by atoms with E-state index in [0.717, 1.165) is 0 Å². The number of rotatable bonds is 7. The number of sulfonamides is 1. The third-order valence-corrected chi connectivity index (χ3v) is 5.69. The average Bonchev–Trinajstić information content (AvgIpc) is 2.74. The van der Waals surface area contributed by atoms with Crippen LogP contribution in [-0.2, 0) is 10.0 Å². The molecule has 0 aliphatic heterocycles. The van der Waals surface area contributed by atoms with Crippen LogP contribution in [0.5, 0.6) is 5.75 Å². The Morgan fingerprint density at radius 2 is 1.50 bits per heavy atom. The number of methoxy groups -OCH3 is 1. The molecule has 0 atom stereocenters. The monoisotopic (exact) mass is 424 g/mol. The maximum Gasteiger partial charge on any atom is 0.261 e. The van der Waals surface area contributed by atoms with Gasteiger partial charge in [-0.2, -0.15) is 0 Å². The molecule has 0 radical (unpaired) electrons. The number of amides is 1. The first-order valence-electron chi connectivity index (χ1n) is 8.98. The van der Waals surface area contributed by atoms with Crippen molar-refractivity contribution in [1.29, 1.82) is 0 Å². The predicted octanol–water partition coefficient (Wildman–Crippen LogP) is 3.95. The van der Waals surface area contributed by atoms with E-state index in [0.29, 0.717) is 28.3 Å². The van der Waals surface area contributed by atoms with E-state index in [9.17, 15) is 18.0 Å². The highest BCUT2D eigenvalue weighted by molar-refractivity contribution is 7.92. The van der Waals surface area contributed by atoms with E-state index in [1.54, 1.807) is 36.4 Å². The average molecular weight is 424 g/mol. The Labute approximate surface area is 174 Å². The van der Waals surface area contributed by atoms with Crippen LogP contribution in [0.25, 0.3) is 0 Å². The van der Waals surface area contributed by atoms with E-state index < -0.39 is 10.0 Å². The topological polar surface area (TPSA) is 102 Å². The van der Waals surface area contributed by atoms with Gasteiger partial charge in [0, 0.05) is 22.5 Å². The van der Waals surface area contributed by atoms with Crippen LogP contribution in [0.1, 0.15) is 27.6 Å². The Morgan fingerprint density at radius 3 is 2.10 bits per heavy atom. The van der Waals surface area contributed by atoms with Crippen molar-refractivity contribution in [3.8, 4) is 5.75 Å². The second kappa shape index (κ2) is 8.79. The van der Waals surface area contributed by atoms with Crippen molar-refractivity contribution in [2.75, 3.05) is 17.1 Å². The van der Waals surface area contributed by atoms with Gasteiger partial charge in [-0.05, 0) is 67.6 Å². The van der Waals surface area contributed by atoms with Gasteiger partial charge in [0.15, 0.2) is 5.78 Å². The minimum atomic E-state index is -3.77. The Kier molecular flexibility index (Phi) is 6.17.